The van der Waals surface area contributed by atoms with Crippen LogP contribution in [-0.2, 0) is 6.54 Å². The van der Waals surface area contributed by atoms with Crippen LogP contribution in [-0.4, -0.2) is 27.5 Å². The van der Waals surface area contributed by atoms with Crippen molar-refractivity contribution in [2.75, 3.05) is 11.9 Å². The van der Waals surface area contributed by atoms with Gasteiger partial charge in [0.25, 0.3) is 0 Å². The van der Waals surface area contributed by atoms with Crippen LogP contribution < -0.4 is 5.32 Å². The molecule has 0 amide bonds. The highest BCUT2D eigenvalue weighted by Gasteiger charge is 2.21. The molecule has 4 heteroatoms. The number of rotatable bonds is 4. The van der Waals surface area contributed by atoms with E-state index in [2.05, 4.69) is 17.3 Å². The van der Waals surface area contributed by atoms with E-state index in [9.17, 15) is 0 Å². The van der Waals surface area contributed by atoms with Crippen molar-refractivity contribution in [1.29, 1.82) is 0 Å². The van der Waals surface area contributed by atoms with Gasteiger partial charge in [0.2, 0.25) is 0 Å². The maximum absolute atomic E-state index is 8.81. The molecule has 0 saturated heterocycles. The molecular weight excluding hydrogens is 202 g/mol. The second-order valence-electron chi connectivity index (χ2n) is 4.73. The topological polar surface area (TPSA) is 50.1 Å². The minimum atomic E-state index is 0.140. The summed E-state index contributed by atoms with van der Waals surface area (Å²) in [6.45, 7) is 3.03. The van der Waals surface area contributed by atoms with E-state index >= 15 is 0 Å². The lowest BCUT2D eigenvalue weighted by molar-refractivity contribution is 0.269. The molecule has 1 heterocycles. The van der Waals surface area contributed by atoms with E-state index < -0.39 is 0 Å². The van der Waals surface area contributed by atoms with E-state index in [1.54, 1.807) is 4.68 Å². The lowest BCUT2D eigenvalue weighted by Crippen LogP contribution is -2.30. The van der Waals surface area contributed by atoms with Crippen molar-refractivity contribution in [3.63, 3.8) is 0 Å². The molecule has 2 unspecified atom stereocenters. The molecule has 16 heavy (non-hydrogen) atoms. The van der Waals surface area contributed by atoms with Gasteiger partial charge in [-0.2, -0.15) is 5.10 Å². The molecule has 1 saturated carbocycles. The Morgan fingerprint density at radius 1 is 1.50 bits per heavy atom. The van der Waals surface area contributed by atoms with Crippen molar-refractivity contribution >= 4 is 5.69 Å². The van der Waals surface area contributed by atoms with Crippen molar-refractivity contribution in [1.82, 2.24) is 9.78 Å². The SMILES string of the molecule is CC1CCCCC1Nc1cnn(CCO)c1. The van der Waals surface area contributed by atoms with E-state index in [-0.39, 0.29) is 6.61 Å². The molecule has 0 spiro atoms. The molecule has 1 aliphatic carbocycles. The molecule has 0 aromatic carbocycles. The van der Waals surface area contributed by atoms with Gasteiger partial charge in [-0.25, -0.2) is 0 Å². The predicted octanol–water partition coefficient (Wildman–Crippen LogP) is 1.87. The zero-order valence-electron chi connectivity index (χ0n) is 9.89. The molecule has 2 N–H and O–H groups in total. The number of nitrogens with one attached hydrogen (secondary N) is 1. The van der Waals surface area contributed by atoms with E-state index in [1.165, 1.54) is 25.7 Å². The van der Waals surface area contributed by atoms with Crippen molar-refractivity contribution in [2.45, 2.75) is 45.2 Å². The average molecular weight is 223 g/mol. The summed E-state index contributed by atoms with van der Waals surface area (Å²) in [5.41, 5.74) is 1.08. The first kappa shape index (κ1) is 11.5. The minimum absolute atomic E-state index is 0.140. The molecule has 0 bridgehead atoms. The Morgan fingerprint density at radius 3 is 3.06 bits per heavy atom. The highest BCUT2D eigenvalue weighted by atomic mass is 16.3. The van der Waals surface area contributed by atoms with E-state index in [1.807, 2.05) is 12.4 Å². The molecule has 1 fully saturated rings. The number of anilines is 1. The smallest absolute Gasteiger partial charge is 0.0728 e. The van der Waals surface area contributed by atoms with Crippen LogP contribution in [0.15, 0.2) is 12.4 Å². The maximum atomic E-state index is 8.81. The van der Waals surface area contributed by atoms with E-state index in [0.29, 0.717) is 12.6 Å². The first-order chi connectivity index (χ1) is 7.79. The Bertz CT molecular complexity index is 324. The fourth-order valence-corrected chi connectivity index (χ4v) is 2.41. The average Bonchev–Trinajstić information content (AvgIpc) is 2.70. The maximum Gasteiger partial charge on any atom is 0.0728 e. The van der Waals surface area contributed by atoms with Gasteiger partial charge in [0.15, 0.2) is 0 Å². The van der Waals surface area contributed by atoms with Gasteiger partial charge in [-0.1, -0.05) is 19.8 Å². The first-order valence-corrected chi connectivity index (χ1v) is 6.19. The van der Waals surface area contributed by atoms with Crippen LogP contribution in [0.1, 0.15) is 32.6 Å². The van der Waals surface area contributed by atoms with Crippen LogP contribution in [0.2, 0.25) is 0 Å². The first-order valence-electron chi connectivity index (χ1n) is 6.19. The van der Waals surface area contributed by atoms with Crippen LogP contribution in [0.4, 0.5) is 5.69 Å². The summed E-state index contributed by atoms with van der Waals surface area (Å²) in [4.78, 5) is 0. The number of nitrogens with zero attached hydrogens (tertiary/aromatic N) is 2. The van der Waals surface area contributed by atoms with E-state index in [0.717, 1.165) is 11.6 Å². The van der Waals surface area contributed by atoms with Gasteiger partial charge in [0, 0.05) is 12.2 Å². The highest BCUT2D eigenvalue weighted by molar-refractivity contribution is 5.39. The van der Waals surface area contributed by atoms with Gasteiger partial charge in [0.1, 0.15) is 0 Å². The van der Waals surface area contributed by atoms with Crippen LogP contribution in [0, 0.1) is 5.92 Å². The normalized spacial score (nSPS) is 25.6. The zero-order chi connectivity index (χ0) is 11.4. The second-order valence-corrected chi connectivity index (χ2v) is 4.73. The van der Waals surface area contributed by atoms with Crippen LogP contribution in [0.3, 0.4) is 0 Å². The highest BCUT2D eigenvalue weighted by Crippen LogP contribution is 2.26. The number of aromatic nitrogens is 2. The molecule has 2 atom stereocenters. The fraction of sp³-hybridized carbons (Fsp3) is 0.750. The van der Waals surface area contributed by atoms with Gasteiger partial charge in [-0.05, 0) is 18.8 Å². The Labute approximate surface area is 96.7 Å². The van der Waals surface area contributed by atoms with Crippen LogP contribution >= 0.6 is 0 Å². The number of hydrogen-bond donors (Lipinski definition) is 2. The van der Waals surface area contributed by atoms with Gasteiger partial charge < -0.3 is 10.4 Å². The van der Waals surface area contributed by atoms with Gasteiger partial charge >= 0.3 is 0 Å². The summed E-state index contributed by atoms with van der Waals surface area (Å²) in [5.74, 6) is 0.745. The van der Waals surface area contributed by atoms with E-state index in [4.69, 9.17) is 5.11 Å². The quantitative estimate of drug-likeness (QED) is 0.819. The Kier molecular flexibility index (Phi) is 3.83. The third-order valence-electron chi connectivity index (χ3n) is 3.43. The summed E-state index contributed by atoms with van der Waals surface area (Å²) in [7, 11) is 0. The second kappa shape index (κ2) is 5.34. The lowest BCUT2D eigenvalue weighted by Gasteiger charge is -2.29. The Hall–Kier alpha value is -1.03. The summed E-state index contributed by atoms with van der Waals surface area (Å²) in [6, 6.07) is 0.584. The lowest BCUT2D eigenvalue weighted by atomic mass is 9.86. The molecule has 90 valence electrons. The van der Waals surface area contributed by atoms with Crippen molar-refractivity contribution < 1.29 is 5.11 Å². The van der Waals surface area contributed by atoms with Gasteiger partial charge in [-0.15, -0.1) is 0 Å². The van der Waals surface area contributed by atoms with Gasteiger partial charge in [-0.3, -0.25) is 4.68 Å². The summed E-state index contributed by atoms with van der Waals surface area (Å²) in [6.07, 6.45) is 9.08. The van der Waals surface area contributed by atoms with Crippen LogP contribution in [0.5, 0.6) is 0 Å². The summed E-state index contributed by atoms with van der Waals surface area (Å²) in [5, 5.41) is 16.5. The third-order valence-corrected chi connectivity index (χ3v) is 3.43. The Morgan fingerprint density at radius 2 is 2.31 bits per heavy atom. The molecule has 1 aromatic rings. The molecule has 1 aliphatic rings. The standard InChI is InChI=1S/C12H21N3O/c1-10-4-2-3-5-12(10)14-11-8-13-15(9-11)6-7-16/h8-10,12,14,16H,2-7H2,1H3. The minimum Gasteiger partial charge on any atom is -0.394 e. The Balaban J connectivity index is 1.91. The zero-order valence-corrected chi connectivity index (χ0v) is 9.89. The molecular formula is C12H21N3O. The van der Waals surface area contributed by atoms with Crippen molar-refractivity contribution in [3.8, 4) is 0 Å². The van der Waals surface area contributed by atoms with Crippen molar-refractivity contribution in [3.05, 3.63) is 12.4 Å². The van der Waals surface area contributed by atoms with Gasteiger partial charge in [0.05, 0.1) is 25.0 Å². The fourth-order valence-electron chi connectivity index (χ4n) is 2.41. The molecule has 2 rings (SSSR count). The molecule has 0 aliphatic heterocycles. The predicted molar refractivity (Wildman–Crippen MR) is 64.4 cm³/mol. The summed E-state index contributed by atoms with van der Waals surface area (Å²) < 4.78 is 1.77. The largest absolute Gasteiger partial charge is 0.394 e. The molecule has 4 nitrogen and oxygen atoms in total. The summed E-state index contributed by atoms with van der Waals surface area (Å²) >= 11 is 0. The number of aliphatic hydroxyl groups excluding tert-OH is 1. The van der Waals surface area contributed by atoms with Crippen molar-refractivity contribution in [2.24, 2.45) is 5.92 Å². The monoisotopic (exact) mass is 223 g/mol. The molecule has 1 aromatic heterocycles. The third kappa shape index (κ3) is 2.76. The number of aliphatic hydroxyl groups is 1. The molecule has 0 radical (unpaired) electrons. The van der Waals surface area contributed by atoms with Crippen LogP contribution in [0.25, 0.3) is 0 Å². The number of hydrogen-bond acceptors (Lipinski definition) is 3.